The summed E-state index contributed by atoms with van der Waals surface area (Å²) in [6.45, 7) is 0. The Morgan fingerprint density at radius 2 is 1.76 bits per heavy atom. The van der Waals surface area contributed by atoms with Gasteiger partial charge >= 0.3 is 5.97 Å². The SMILES string of the molecule is NC(CCCC(N)N1C(=O)C=CC1=O)C(=O)O. The van der Waals surface area contributed by atoms with Crippen molar-refractivity contribution in [3.8, 4) is 0 Å². The third-order valence-electron chi connectivity index (χ3n) is 2.51. The summed E-state index contributed by atoms with van der Waals surface area (Å²) in [5, 5.41) is 8.56. The van der Waals surface area contributed by atoms with Crippen molar-refractivity contribution in [2.45, 2.75) is 31.5 Å². The molecule has 0 aromatic heterocycles. The van der Waals surface area contributed by atoms with E-state index in [-0.39, 0.29) is 6.42 Å². The number of nitrogens with two attached hydrogens (primary N) is 2. The van der Waals surface area contributed by atoms with Gasteiger partial charge in [0.15, 0.2) is 0 Å². The van der Waals surface area contributed by atoms with Crippen molar-refractivity contribution in [2.75, 3.05) is 0 Å². The highest BCUT2D eigenvalue weighted by molar-refractivity contribution is 6.13. The first-order chi connectivity index (χ1) is 7.93. The fourth-order valence-corrected chi connectivity index (χ4v) is 1.54. The van der Waals surface area contributed by atoms with E-state index in [4.69, 9.17) is 16.6 Å². The Morgan fingerprint density at radius 1 is 1.24 bits per heavy atom. The number of aliphatic carboxylic acids is 1. The van der Waals surface area contributed by atoms with E-state index in [1.54, 1.807) is 0 Å². The minimum atomic E-state index is -1.08. The largest absolute Gasteiger partial charge is 0.480 e. The van der Waals surface area contributed by atoms with Crippen LogP contribution in [0.5, 0.6) is 0 Å². The second-order valence-corrected chi connectivity index (χ2v) is 3.82. The maximum absolute atomic E-state index is 11.3. The summed E-state index contributed by atoms with van der Waals surface area (Å²) in [6.07, 6.45) is 2.61. The molecular formula is C10H15N3O4. The van der Waals surface area contributed by atoms with Crippen LogP contribution < -0.4 is 11.5 Å². The summed E-state index contributed by atoms with van der Waals surface area (Å²) in [5.41, 5.74) is 11.0. The Bertz CT molecular complexity index is 349. The van der Waals surface area contributed by atoms with Gasteiger partial charge in [-0.2, -0.15) is 0 Å². The number of hydrogen-bond acceptors (Lipinski definition) is 5. The van der Waals surface area contributed by atoms with Gasteiger partial charge in [0.2, 0.25) is 0 Å². The molecule has 0 saturated carbocycles. The van der Waals surface area contributed by atoms with Crippen LogP contribution in [0.1, 0.15) is 19.3 Å². The summed E-state index contributed by atoms with van der Waals surface area (Å²) in [7, 11) is 0. The highest BCUT2D eigenvalue weighted by atomic mass is 16.4. The van der Waals surface area contributed by atoms with Crippen LogP contribution in [0.2, 0.25) is 0 Å². The van der Waals surface area contributed by atoms with Crippen LogP contribution in [0.15, 0.2) is 12.2 Å². The number of rotatable bonds is 6. The fourth-order valence-electron chi connectivity index (χ4n) is 1.54. The van der Waals surface area contributed by atoms with Crippen LogP contribution in [0, 0.1) is 0 Å². The zero-order chi connectivity index (χ0) is 13.0. The fraction of sp³-hybridized carbons (Fsp3) is 0.500. The summed E-state index contributed by atoms with van der Waals surface area (Å²) in [5.74, 6) is -1.95. The quantitative estimate of drug-likeness (QED) is 0.500. The number of carbonyl (C=O) groups is 3. The van der Waals surface area contributed by atoms with E-state index in [9.17, 15) is 14.4 Å². The lowest BCUT2D eigenvalue weighted by atomic mass is 10.1. The molecule has 0 radical (unpaired) electrons. The van der Waals surface area contributed by atoms with Crippen LogP contribution in [0.4, 0.5) is 0 Å². The molecule has 0 aromatic carbocycles. The standard InChI is InChI=1S/C10H15N3O4/c11-6(10(16)17)2-1-3-7(12)13-8(14)4-5-9(13)15/h4-7H,1-3,11-12H2,(H,16,17). The van der Waals surface area contributed by atoms with Gasteiger partial charge in [0, 0.05) is 12.2 Å². The van der Waals surface area contributed by atoms with E-state index in [1.165, 1.54) is 0 Å². The monoisotopic (exact) mass is 241 g/mol. The van der Waals surface area contributed by atoms with Crippen molar-refractivity contribution in [1.29, 1.82) is 0 Å². The molecule has 2 amide bonds. The molecule has 1 rings (SSSR count). The zero-order valence-electron chi connectivity index (χ0n) is 9.20. The van der Waals surface area contributed by atoms with E-state index >= 15 is 0 Å². The number of hydrogen-bond donors (Lipinski definition) is 3. The van der Waals surface area contributed by atoms with Gasteiger partial charge in [-0.3, -0.25) is 19.3 Å². The topological polar surface area (TPSA) is 127 Å². The van der Waals surface area contributed by atoms with Crippen LogP contribution in [0.25, 0.3) is 0 Å². The molecule has 94 valence electrons. The summed E-state index contributed by atoms with van der Waals surface area (Å²) >= 11 is 0. The normalized spacial score (nSPS) is 18.6. The molecule has 2 atom stereocenters. The summed E-state index contributed by atoms with van der Waals surface area (Å²) < 4.78 is 0. The molecule has 5 N–H and O–H groups in total. The van der Waals surface area contributed by atoms with E-state index in [2.05, 4.69) is 0 Å². The second kappa shape index (κ2) is 5.55. The molecule has 1 aliphatic heterocycles. The van der Waals surface area contributed by atoms with E-state index in [0.717, 1.165) is 17.1 Å². The Hall–Kier alpha value is -1.73. The van der Waals surface area contributed by atoms with Crippen molar-refractivity contribution in [3.63, 3.8) is 0 Å². The van der Waals surface area contributed by atoms with Crippen LogP contribution >= 0.6 is 0 Å². The lowest BCUT2D eigenvalue weighted by Gasteiger charge is -2.22. The van der Waals surface area contributed by atoms with Crippen LogP contribution in [-0.2, 0) is 14.4 Å². The van der Waals surface area contributed by atoms with Gasteiger partial charge in [-0.05, 0) is 19.3 Å². The van der Waals surface area contributed by atoms with Gasteiger partial charge in [-0.15, -0.1) is 0 Å². The number of imide groups is 1. The number of carbonyl (C=O) groups excluding carboxylic acids is 2. The van der Waals surface area contributed by atoms with Gasteiger partial charge < -0.3 is 16.6 Å². The molecule has 7 heteroatoms. The minimum absolute atomic E-state index is 0.257. The highest BCUT2D eigenvalue weighted by Crippen LogP contribution is 2.11. The number of nitrogens with zero attached hydrogens (tertiary/aromatic N) is 1. The van der Waals surface area contributed by atoms with Crippen LogP contribution in [-0.4, -0.2) is 40.0 Å². The van der Waals surface area contributed by atoms with E-state index in [0.29, 0.717) is 12.8 Å². The molecule has 1 heterocycles. The predicted molar refractivity (Wildman–Crippen MR) is 58.4 cm³/mol. The number of carboxylic acids is 1. The highest BCUT2D eigenvalue weighted by Gasteiger charge is 2.28. The predicted octanol–water partition coefficient (Wildman–Crippen LogP) is -1.22. The van der Waals surface area contributed by atoms with Gasteiger partial charge in [0.1, 0.15) is 6.04 Å². The van der Waals surface area contributed by atoms with Crippen molar-refractivity contribution >= 4 is 17.8 Å². The molecule has 0 spiro atoms. The van der Waals surface area contributed by atoms with Crippen LogP contribution in [0.3, 0.4) is 0 Å². The molecule has 0 saturated heterocycles. The van der Waals surface area contributed by atoms with Crippen molar-refractivity contribution in [1.82, 2.24) is 4.90 Å². The number of amides is 2. The number of carboxylic acid groups (broad SMARTS) is 1. The average Bonchev–Trinajstić information content (AvgIpc) is 2.58. The Morgan fingerprint density at radius 3 is 2.24 bits per heavy atom. The molecule has 2 unspecified atom stereocenters. The Balaban J connectivity index is 2.35. The molecule has 17 heavy (non-hydrogen) atoms. The summed E-state index contributed by atoms with van der Waals surface area (Å²) in [4.78, 5) is 33.9. The first kappa shape index (κ1) is 13.3. The van der Waals surface area contributed by atoms with E-state index in [1.807, 2.05) is 0 Å². The molecule has 1 aliphatic rings. The lowest BCUT2D eigenvalue weighted by Crippen LogP contribution is -2.45. The molecule has 0 bridgehead atoms. The molecule has 7 nitrogen and oxygen atoms in total. The minimum Gasteiger partial charge on any atom is -0.480 e. The van der Waals surface area contributed by atoms with Gasteiger partial charge in [0.25, 0.3) is 11.8 Å². The maximum atomic E-state index is 11.3. The first-order valence-corrected chi connectivity index (χ1v) is 5.22. The van der Waals surface area contributed by atoms with Gasteiger partial charge in [-0.1, -0.05) is 0 Å². The van der Waals surface area contributed by atoms with Gasteiger partial charge in [0.05, 0.1) is 6.17 Å². The third-order valence-corrected chi connectivity index (χ3v) is 2.51. The Kier molecular flexibility index (Phi) is 4.36. The maximum Gasteiger partial charge on any atom is 0.320 e. The molecule has 0 fully saturated rings. The third kappa shape index (κ3) is 3.36. The average molecular weight is 241 g/mol. The molecular weight excluding hydrogens is 226 g/mol. The van der Waals surface area contributed by atoms with Gasteiger partial charge in [-0.25, -0.2) is 0 Å². The van der Waals surface area contributed by atoms with E-state index < -0.39 is 30.0 Å². The lowest BCUT2D eigenvalue weighted by molar-refractivity contribution is -0.141. The smallest absolute Gasteiger partial charge is 0.320 e. The first-order valence-electron chi connectivity index (χ1n) is 5.22. The molecule has 0 aliphatic carbocycles. The Labute approximate surface area is 98.0 Å². The second-order valence-electron chi connectivity index (χ2n) is 3.82. The van der Waals surface area contributed by atoms with Crippen molar-refractivity contribution in [3.05, 3.63) is 12.2 Å². The summed E-state index contributed by atoms with van der Waals surface area (Å²) in [6, 6.07) is -0.940. The van der Waals surface area contributed by atoms with Crippen molar-refractivity contribution in [2.24, 2.45) is 11.5 Å². The zero-order valence-corrected chi connectivity index (χ0v) is 9.20. The molecule has 0 aromatic rings. The van der Waals surface area contributed by atoms with Crippen molar-refractivity contribution < 1.29 is 19.5 Å².